The lowest BCUT2D eigenvalue weighted by molar-refractivity contribution is 0.181. The number of carbonyl (C=O) groups is 1. The van der Waals surface area contributed by atoms with Gasteiger partial charge in [0.05, 0.1) is 0 Å². The molecule has 0 aliphatic carbocycles. The average Bonchev–Trinajstić information content (AvgIpc) is 2.32. The van der Waals surface area contributed by atoms with E-state index in [-0.39, 0.29) is 12.1 Å². The molecule has 1 atom stereocenters. The van der Waals surface area contributed by atoms with Gasteiger partial charge in [-0.15, -0.1) is 0 Å². The lowest BCUT2D eigenvalue weighted by Crippen LogP contribution is -2.40. The lowest BCUT2D eigenvalue weighted by atomic mass is 10.3. The normalized spacial score (nSPS) is 20.2. The summed E-state index contributed by atoms with van der Waals surface area (Å²) in [4.78, 5) is 15.4. The zero-order chi connectivity index (χ0) is 10.0. The summed E-state index contributed by atoms with van der Waals surface area (Å²) >= 11 is 0. The monoisotopic (exact) mass is 185 g/mol. The van der Waals surface area contributed by atoms with Gasteiger partial charge in [0.1, 0.15) is 0 Å². The Morgan fingerprint density at radius 2 is 2.00 bits per heavy atom. The highest BCUT2D eigenvalue weighted by Gasteiger charge is 2.29. The maximum absolute atomic E-state index is 11.7. The first-order valence-electron chi connectivity index (χ1n) is 4.83. The molecule has 0 aromatic heterocycles. The number of carbonyl (C=O) groups excluding carboxylic acids is 1. The number of hydrogen-bond donors (Lipinski definition) is 1. The number of rotatable bonds is 3. The van der Waals surface area contributed by atoms with Crippen molar-refractivity contribution in [2.45, 2.75) is 32.9 Å². The number of amides is 2. The van der Waals surface area contributed by atoms with Crippen molar-refractivity contribution in [1.82, 2.24) is 9.80 Å². The van der Waals surface area contributed by atoms with Crippen LogP contribution in [0.25, 0.3) is 0 Å². The number of urea groups is 1. The fourth-order valence-electron chi connectivity index (χ4n) is 1.60. The van der Waals surface area contributed by atoms with E-state index in [1.54, 1.807) is 0 Å². The topological polar surface area (TPSA) is 49.6 Å². The van der Waals surface area contributed by atoms with Gasteiger partial charge in [-0.05, 0) is 20.8 Å². The van der Waals surface area contributed by atoms with Crippen molar-refractivity contribution in [1.29, 1.82) is 0 Å². The van der Waals surface area contributed by atoms with E-state index in [4.69, 9.17) is 5.73 Å². The molecule has 1 unspecified atom stereocenters. The van der Waals surface area contributed by atoms with Gasteiger partial charge >= 0.3 is 6.03 Å². The molecular formula is C9H19N3O. The first-order valence-corrected chi connectivity index (χ1v) is 4.83. The molecule has 0 radical (unpaired) electrons. The van der Waals surface area contributed by atoms with Crippen molar-refractivity contribution in [3.8, 4) is 0 Å². The van der Waals surface area contributed by atoms with Gasteiger partial charge < -0.3 is 15.5 Å². The first-order chi connectivity index (χ1) is 6.02. The molecule has 2 amide bonds. The van der Waals surface area contributed by atoms with Gasteiger partial charge in [-0.3, -0.25) is 0 Å². The van der Waals surface area contributed by atoms with Crippen LogP contribution in [-0.4, -0.2) is 47.5 Å². The second kappa shape index (κ2) is 3.96. The third kappa shape index (κ3) is 2.34. The van der Waals surface area contributed by atoms with E-state index in [9.17, 15) is 4.79 Å². The molecule has 1 aliphatic heterocycles. The second-order valence-electron chi connectivity index (χ2n) is 3.99. The van der Waals surface area contributed by atoms with E-state index >= 15 is 0 Å². The molecule has 0 aromatic rings. The Bertz CT molecular complexity index is 191. The smallest absolute Gasteiger partial charge is 0.320 e. The van der Waals surface area contributed by atoms with Crippen LogP contribution in [0.15, 0.2) is 0 Å². The third-order valence-electron chi connectivity index (χ3n) is 2.26. The number of hydrogen-bond acceptors (Lipinski definition) is 2. The average molecular weight is 185 g/mol. The molecule has 1 fully saturated rings. The first kappa shape index (κ1) is 10.3. The molecule has 0 aromatic carbocycles. The quantitative estimate of drug-likeness (QED) is 0.695. The Balaban J connectivity index is 2.50. The van der Waals surface area contributed by atoms with Crippen LogP contribution in [0.4, 0.5) is 4.79 Å². The van der Waals surface area contributed by atoms with Crippen molar-refractivity contribution in [3.05, 3.63) is 0 Å². The lowest BCUT2D eigenvalue weighted by Gasteiger charge is -2.22. The SMILES string of the molecule is CC(N)CN1CCN(C(C)C)C1=O. The molecule has 1 rings (SSSR count). The van der Waals surface area contributed by atoms with Crippen molar-refractivity contribution in [2.75, 3.05) is 19.6 Å². The summed E-state index contributed by atoms with van der Waals surface area (Å²) in [5.41, 5.74) is 5.64. The molecule has 2 N–H and O–H groups in total. The van der Waals surface area contributed by atoms with E-state index in [0.717, 1.165) is 13.1 Å². The predicted molar refractivity (Wildman–Crippen MR) is 52.5 cm³/mol. The van der Waals surface area contributed by atoms with Crippen LogP contribution in [0.2, 0.25) is 0 Å². The number of nitrogens with zero attached hydrogens (tertiary/aromatic N) is 2. The Kier molecular flexibility index (Phi) is 3.14. The molecule has 0 bridgehead atoms. The highest BCUT2D eigenvalue weighted by molar-refractivity contribution is 5.76. The molecule has 0 spiro atoms. The standard InChI is InChI=1S/C9H19N3O/c1-7(2)12-5-4-11(9(12)13)6-8(3)10/h7-8H,4-6,10H2,1-3H3. The Morgan fingerprint density at radius 1 is 1.38 bits per heavy atom. The Morgan fingerprint density at radius 3 is 2.38 bits per heavy atom. The van der Waals surface area contributed by atoms with Crippen molar-refractivity contribution in [2.24, 2.45) is 5.73 Å². The van der Waals surface area contributed by atoms with Gasteiger partial charge in [0.2, 0.25) is 0 Å². The zero-order valence-corrected chi connectivity index (χ0v) is 8.66. The van der Waals surface area contributed by atoms with Gasteiger partial charge in [-0.2, -0.15) is 0 Å². The van der Waals surface area contributed by atoms with Gasteiger partial charge in [-0.1, -0.05) is 0 Å². The minimum atomic E-state index is 0.0658. The highest BCUT2D eigenvalue weighted by atomic mass is 16.2. The van der Waals surface area contributed by atoms with Gasteiger partial charge in [-0.25, -0.2) is 4.79 Å². The zero-order valence-electron chi connectivity index (χ0n) is 8.66. The summed E-state index contributed by atoms with van der Waals surface area (Å²) in [5, 5.41) is 0. The summed E-state index contributed by atoms with van der Waals surface area (Å²) in [7, 11) is 0. The minimum Gasteiger partial charge on any atom is -0.326 e. The van der Waals surface area contributed by atoms with E-state index in [1.165, 1.54) is 0 Å². The summed E-state index contributed by atoms with van der Waals surface area (Å²) in [5.74, 6) is 0. The maximum Gasteiger partial charge on any atom is 0.320 e. The van der Waals surface area contributed by atoms with Crippen LogP contribution >= 0.6 is 0 Å². The van der Waals surface area contributed by atoms with E-state index in [1.807, 2.05) is 30.6 Å². The van der Waals surface area contributed by atoms with Crippen LogP contribution in [0.3, 0.4) is 0 Å². The highest BCUT2D eigenvalue weighted by Crippen LogP contribution is 2.11. The molecule has 0 saturated carbocycles. The Hall–Kier alpha value is -0.770. The minimum absolute atomic E-state index is 0.0658. The van der Waals surface area contributed by atoms with Crippen molar-refractivity contribution in [3.63, 3.8) is 0 Å². The van der Waals surface area contributed by atoms with Gasteiger partial charge in [0.15, 0.2) is 0 Å². The molecule has 13 heavy (non-hydrogen) atoms. The van der Waals surface area contributed by atoms with Crippen LogP contribution in [0, 0.1) is 0 Å². The maximum atomic E-state index is 11.7. The Labute approximate surface area is 79.7 Å². The van der Waals surface area contributed by atoms with Crippen molar-refractivity contribution >= 4 is 6.03 Å². The van der Waals surface area contributed by atoms with Crippen molar-refractivity contribution < 1.29 is 4.79 Å². The van der Waals surface area contributed by atoms with Crippen LogP contribution in [-0.2, 0) is 0 Å². The van der Waals surface area contributed by atoms with E-state index in [2.05, 4.69) is 0 Å². The summed E-state index contributed by atoms with van der Waals surface area (Å²) < 4.78 is 0. The predicted octanol–water partition coefficient (Wildman–Crippen LogP) is 0.480. The molecule has 4 nitrogen and oxygen atoms in total. The van der Waals surface area contributed by atoms with E-state index in [0.29, 0.717) is 12.6 Å². The molecule has 1 heterocycles. The van der Waals surface area contributed by atoms with E-state index < -0.39 is 0 Å². The van der Waals surface area contributed by atoms with Crippen LogP contribution in [0.5, 0.6) is 0 Å². The number of nitrogens with two attached hydrogens (primary N) is 1. The van der Waals surface area contributed by atoms with Gasteiger partial charge in [0.25, 0.3) is 0 Å². The summed E-state index contributed by atoms with van der Waals surface area (Å²) in [6.07, 6.45) is 0. The molecule has 1 aliphatic rings. The van der Waals surface area contributed by atoms with Crippen LogP contribution < -0.4 is 5.73 Å². The van der Waals surface area contributed by atoms with Crippen LogP contribution in [0.1, 0.15) is 20.8 Å². The summed E-state index contributed by atoms with van der Waals surface area (Å²) in [6.45, 7) is 8.32. The fraction of sp³-hybridized carbons (Fsp3) is 0.889. The van der Waals surface area contributed by atoms with Gasteiger partial charge in [0, 0.05) is 31.7 Å². The molecular weight excluding hydrogens is 166 g/mol. The molecule has 76 valence electrons. The summed E-state index contributed by atoms with van der Waals surface area (Å²) in [6, 6.07) is 0.494. The fourth-order valence-corrected chi connectivity index (χ4v) is 1.60. The third-order valence-corrected chi connectivity index (χ3v) is 2.26. The molecule has 1 saturated heterocycles. The second-order valence-corrected chi connectivity index (χ2v) is 3.99. The largest absolute Gasteiger partial charge is 0.326 e. The molecule has 4 heteroatoms.